The number of hydrogen-bond donors (Lipinski definition) is 1. The zero-order chi connectivity index (χ0) is 15.4. The summed E-state index contributed by atoms with van der Waals surface area (Å²) in [5, 5.41) is 10.3. The summed E-state index contributed by atoms with van der Waals surface area (Å²) in [5.74, 6) is 0.682. The molecule has 21 heavy (non-hydrogen) atoms. The lowest BCUT2D eigenvalue weighted by Crippen LogP contribution is -2.03. The van der Waals surface area contributed by atoms with Crippen molar-refractivity contribution in [2.45, 2.75) is 19.0 Å². The summed E-state index contributed by atoms with van der Waals surface area (Å²) in [6, 6.07) is 11.3. The lowest BCUT2D eigenvalue weighted by Gasteiger charge is -2.14. The van der Waals surface area contributed by atoms with Gasteiger partial charge in [0.15, 0.2) is 0 Å². The molecule has 5 heteroatoms. The second-order valence-corrected chi connectivity index (χ2v) is 5.56. The summed E-state index contributed by atoms with van der Waals surface area (Å²) in [6.45, 7) is 0. The van der Waals surface area contributed by atoms with Crippen LogP contribution in [0.3, 0.4) is 0 Å². The molecule has 0 aliphatic heterocycles. The number of alkyl halides is 2. The van der Waals surface area contributed by atoms with E-state index in [1.807, 2.05) is 18.2 Å². The first-order chi connectivity index (χ1) is 10.0. The van der Waals surface area contributed by atoms with Gasteiger partial charge in [-0.05, 0) is 29.3 Å². The molecule has 0 bridgehead atoms. The highest BCUT2D eigenvalue weighted by atomic mass is 79.9. The predicted octanol–water partition coefficient (Wildman–Crippen LogP) is 4.67. The van der Waals surface area contributed by atoms with Gasteiger partial charge in [-0.25, -0.2) is 8.78 Å². The van der Waals surface area contributed by atoms with Crippen LogP contribution in [0.15, 0.2) is 46.9 Å². The average molecular weight is 357 g/mol. The van der Waals surface area contributed by atoms with Crippen LogP contribution in [0.5, 0.6) is 5.75 Å². The zero-order valence-corrected chi connectivity index (χ0v) is 13.0. The molecule has 2 nitrogen and oxygen atoms in total. The molecular formula is C16H15BrF2O2. The first-order valence-corrected chi connectivity index (χ1v) is 7.19. The summed E-state index contributed by atoms with van der Waals surface area (Å²) in [5.41, 5.74) is 1.39. The fourth-order valence-corrected chi connectivity index (χ4v) is 2.50. The third-order valence-electron chi connectivity index (χ3n) is 3.23. The number of ether oxygens (including phenoxy) is 1. The van der Waals surface area contributed by atoms with Crippen molar-refractivity contribution in [2.24, 2.45) is 0 Å². The molecule has 0 amide bonds. The van der Waals surface area contributed by atoms with E-state index in [4.69, 9.17) is 4.74 Å². The van der Waals surface area contributed by atoms with Gasteiger partial charge in [-0.1, -0.05) is 40.2 Å². The molecular weight excluding hydrogens is 342 g/mol. The second kappa shape index (κ2) is 7.00. The van der Waals surface area contributed by atoms with Crippen LogP contribution < -0.4 is 4.74 Å². The van der Waals surface area contributed by atoms with Crippen molar-refractivity contribution in [3.63, 3.8) is 0 Å². The molecule has 2 aromatic carbocycles. The molecule has 0 heterocycles. The van der Waals surface area contributed by atoms with Gasteiger partial charge in [0.25, 0.3) is 6.43 Å². The number of benzene rings is 2. The highest BCUT2D eigenvalue weighted by Gasteiger charge is 2.14. The Hall–Kier alpha value is -1.46. The molecule has 2 aromatic rings. The Bertz CT molecular complexity index is 600. The van der Waals surface area contributed by atoms with E-state index in [0.29, 0.717) is 17.7 Å². The standard InChI is InChI=1S/C16H15BrF2O2/c1-21-15-7-6-13(17)8-12(15)9-14(20)10-2-4-11(5-3-10)16(18)19/h2-8,14,16,20H,9H2,1H3. The number of halogens is 3. The fraction of sp³-hybridized carbons (Fsp3) is 0.250. The van der Waals surface area contributed by atoms with Gasteiger partial charge in [0.1, 0.15) is 5.75 Å². The van der Waals surface area contributed by atoms with Crippen LogP contribution in [-0.4, -0.2) is 12.2 Å². The van der Waals surface area contributed by atoms with Crippen LogP contribution in [0.2, 0.25) is 0 Å². The third kappa shape index (κ3) is 4.02. The van der Waals surface area contributed by atoms with Crippen molar-refractivity contribution < 1.29 is 18.6 Å². The molecule has 0 spiro atoms. The van der Waals surface area contributed by atoms with Gasteiger partial charge in [0.05, 0.1) is 13.2 Å². The topological polar surface area (TPSA) is 29.5 Å². The van der Waals surface area contributed by atoms with Gasteiger partial charge in [0, 0.05) is 16.5 Å². The van der Waals surface area contributed by atoms with Crippen molar-refractivity contribution in [1.29, 1.82) is 0 Å². The van der Waals surface area contributed by atoms with E-state index in [1.165, 1.54) is 24.3 Å². The number of aliphatic hydroxyl groups excluding tert-OH is 1. The molecule has 112 valence electrons. The van der Waals surface area contributed by atoms with Crippen LogP contribution in [0.1, 0.15) is 29.2 Å². The first-order valence-electron chi connectivity index (χ1n) is 6.39. The smallest absolute Gasteiger partial charge is 0.263 e. The molecule has 0 radical (unpaired) electrons. The Labute approximate surface area is 130 Å². The molecule has 0 saturated heterocycles. The van der Waals surface area contributed by atoms with E-state index in [9.17, 15) is 13.9 Å². The Kier molecular flexibility index (Phi) is 5.31. The molecule has 1 unspecified atom stereocenters. The Morgan fingerprint density at radius 2 is 1.71 bits per heavy atom. The summed E-state index contributed by atoms with van der Waals surface area (Å²) < 4.78 is 31.2. The number of aliphatic hydroxyl groups is 1. The molecule has 2 rings (SSSR count). The van der Waals surface area contributed by atoms with Gasteiger partial charge in [-0.2, -0.15) is 0 Å². The molecule has 0 aromatic heterocycles. The van der Waals surface area contributed by atoms with E-state index in [1.54, 1.807) is 7.11 Å². The van der Waals surface area contributed by atoms with Crippen LogP contribution in [0, 0.1) is 0 Å². The SMILES string of the molecule is COc1ccc(Br)cc1CC(O)c1ccc(C(F)F)cc1. The highest BCUT2D eigenvalue weighted by molar-refractivity contribution is 9.10. The normalized spacial score (nSPS) is 12.5. The first kappa shape index (κ1) is 15.9. The minimum absolute atomic E-state index is 0.0500. The van der Waals surface area contributed by atoms with Crippen LogP contribution >= 0.6 is 15.9 Å². The minimum atomic E-state index is -2.50. The fourth-order valence-electron chi connectivity index (χ4n) is 2.10. The predicted molar refractivity (Wildman–Crippen MR) is 80.8 cm³/mol. The maximum absolute atomic E-state index is 12.5. The maximum Gasteiger partial charge on any atom is 0.263 e. The monoisotopic (exact) mass is 356 g/mol. The largest absolute Gasteiger partial charge is 0.496 e. The van der Waals surface area contributed by atoms with Gasteiger partial charge in [-0.3, -0.25) is 0 Å². The molecule has 0 saturated carbocycles. The van der Waals surface area contributed by atoms with Gasteiger partial charge in [0.2, 0.25) is 0 Å². The minimum Gasteiger partial charge on any atom is -0.496 e. The van der Waals surface area contributed by atoms with E-state index in [2.05, 4.69) is 15.9 Å². The van der Waals surface area contributed by atoms with Crippen molar-refractivity contribution in [3.8, 4) is 5.75 Å². The van der Waals surface area contributed by atoms with Crippen molar-refractivity contribution in [3.05, 3.63) is 63.6 Å². The third-order valence-corrected chi connectivity index (χ3v) is 3.72. The van der Waals surface area contributed by atoms with E-state index >= 15 is 0 Å². The summed E-state index contributed by atoms with van der Waals surface area (Å²) >= 11 is 3.38. The maximum atomic E-state index is 12.5. The van der Waals surface area contributed by atoms with Gasteiger partial charge >= 0.3 is 0 Å². The molecule has 0 aliphatic carbocycles. The Morgan fingerprint density at radius 1 is 1.10 bits per heavy atom. The van der Waals surface area contributed by atoms with Gasteiger partial charge < -0.3 is 9.84 Å². The van der Waals surface area contributed by atoms with Crippen molar-refractivity contribution in [2.75, 3.05) is 7.11 Å². The summed E-state index contributed by atoms with van der Waals surface area (Å²) in [6.07, 6.45) is -2.93. The second-order valence-electron chi connectivity index (χ2n) is 4.64. The number of rotatable bonds is 5. The average Bonchev–Trinajstić information content (AvgIpc) is 2.47. The van der Waals surface area contributed by atoms with Crippen molar-refractivity contribution >= 4 is 15.9 Å². The summed E-state index contributed by atoms with van der Waals surface area (Å²) in [7, 11) is 1.57. The number of methoxy groups -OCH3 is 1. The highest BCUT2D eigenvalue weighted by Crippen LogP contribution is 2.28. The quantitative estimate of drug-likeness (QED) is 0.843. The number of hydrogen-bond acceptors (Lipinski definition) is 2. The van der Waals surface area contributed by atoms with Gasteiger partial charge in [-0.15, -0.1) is 0 Å². The van der Waals surface area contributed by atoms with Crippen molar-refractivity contribution in [1.82, 2.24) is 0 Å². The lowest BCUT2D eigenvalue weighted by atomic mass is 10.00. The zero-order valence-electron chi connectivity index (χ0n) is 11.4. The Balaban J connectivity index is 2.17. The summed E-state index contributed by atoms with van der Waals surface area (Å²) in [4.78, 5) is 0. The van der Waals surface area contributed by atoms with Crippen LogP contribution in [-0.2, 0) is 6.42 Å². The van der Waals surface area contributed by atoms with Crippen LogP contribution in [0.25, 0.3) is 0 Å². The molecule has 1 N–H and O–H groups in total. The molecule has 0 fully saturated rings. The lowest BCUT2D eigenvalue weighted by molar-refractivity contribution is 0.151. The molecule has 1 atom stereocenters. The van der Waals surface area contributed by atoms with E-state index < -0.39 is 12.5 Å². The van der Waals surface area contributed by atoms with E-state index in [0.717, 1.165) is 10.0 Å². The Morgan fingerprint density at radius 3 is 2.29 bits per heavy atom. The molecule has 0 aliphatic rings. The van der Waals surface area contributed by atoms with E-state index in [-0.39, 0.29) is 5.56 Å². The van der Waals surface area contributed by atoms with Crippen LogP contribution in [0.4, 0.5) is 8.78 Å².